The van der Waals surface area contributed by atoms with Crippen molar-refractivity contribution in [1.29, 1.82) is 0 Å². The van der Waals surface area contributed by atoms with E-state index in [2.05, 4.69) is 5.32 Å². The Hall–Kier alpha value is -3.83. The third-order valence-electron chi connectivity index (χ3n) is 8.24. The lowest BCUT2D eigenvalue weighted by molar-refractivity contribution is -0.138. The summed E-state index contributed by atoms with van der Waals surface area (Å²) in [5.41, 5.74) is 1.41. The quantitative estimate of drug-likeness (QED) is 0.240. The monoisotopic (exact) mass is 710 g/mol. The molecule has 278 valence electrons. The first-order chi connectivity index (χ1) is 24.0. The Bertz CT molecular complexity index is 1380. The van der Waals surface area contributed by atoms with Crippen LogP contribution in [0, 0.1) is 11.8 Å². The molecular formula is C39H52F6N2O3. The van der Waals surface area contributed by atoms with Crippen LogP contribution in [0.5, 0.6) is 0 Å². The van der Waals surface area contributed by atoms with Gasteiger partial charge in [0.05, 0.1) is 11.1 Å². The maximum Gasteiger partial charge on any atom is 0.416 e. The first kappa shape index (κ1) is 42.3. The number of carbonyl (C=O) groups excluding carboxylic acids is 1. The number of hydrogen-bond acceptors (Lipinski definition) is 4. The minimum atomic E-state index is -4.33. The number of nitrogens with zero attached hydrogens (tertiary/aromatic N) is 1. The van der Waals surface area contributed by atoms with E-state index in [0.717, 1.165) is 69.1 Å². The maximum absolute atomic E-state index is 12.6. The summed E-state index contributed by atoms with van der Waals surface area (Å²) < 4.78 is 80.4. The first-order valence-corrected chi connectivity index (χ1v) is 17.1. The van der Waals surface area contributed by atoms with E-state index in [1.165, 1.54) is 37.1 Å². The third kappa shape index (κ3) is 15.4. The van der Waals surface area contributed by atoms with Gasteiger partial charge >= 0.3 is 18.4 Å². The van der Waals surface area contributed by atoms with Crippen molar-refractivity contribution >= 4 is 12.2 Å². The highest BCUT2D eigenvalue weighted by molar-refractivity contribution is 5.68. The number of piperidine rings is 2. The van der Waals surface area contributed by atoms with Crippen LogP contribution in [0.15, 0.2) is 84.9 Å². The maximum atomic E-state index is 12.6. The van der Waals surface area contributed by atoms with Gasteiger partial charge in [0, 0.05) is 21.6 Å². The van der Waals surface area contributed by atoms with Gasteiger partial charge in [0.15, 0.2) is 0 Å². The van der Waals surface area contributed by atoms with Crippen molar-refractivity contribution in [3.05, 3.63) is 113 Å². The van der Waals surface area contributed by atoms with E-state index in [9.17, 15) is 31.1 Å². The number of ether oxygens (including phenoxy) is 1. The summed E-state index contributed by atoms with van der Waals surface area (Å²) >= 11 is 0. The molecule has 50 heavy (non-hydrogen) atoms. The van der Waals surface area contributed by atoms with Crippen molar-refractivity contribution in [2.45, 2.75) is 71.3 Å². The van der Waals surface area contributed by atoms with Gasteiger partial charge in [0.25, 0.3) is 0 Å². The Kier molecular flexibility index (Phi) is 18.7. The Morgan fingerprint density at radius 3 is 2.02 bits per heavy atom. The molecule has 2 heterocycles. The molecule has 0 spiro atoms. The van der Waals surface area contributed by atoms with Gasteiger partial charge in [-0.1, -0.05) is 80.6 Å². The molecule has 1 amide bonds. The second-order valence-electron chi connectivity index (χ2n) is 11.8. The minimum absolute atomic E-state index is 0. The largest absolute Gasteiger partial charge is 0.445 e. The van der Waals surface area contributed by atoms with Crippen molar-refractivity contribution in [2.24, 2.45) is 11.8 Å². The lowest BCUT2D eigenvalue weighted by Gasteiger charge is -2.30. The Morgan fingerprint density at radius 1 is 0.860 bits per heavy atom. The van der Waals surface area contributed by atoms with E-state index < -0.39 is 23.5 Å². The average Bonchev–Trinajstić information content (AvgIpc) is 3.14. The summed E-state index contributed by atoms with van der Waals surface area (Å²) in [6, 6.07) is 20.1. The lowest BCUT2D eigenvalue weighted by atomic mass is 9.92. The summed E-state index contributed by atoms with van der Waals surface area (Å²) in [5.74, 6) is 0.821. The van der Waals surface area contributed by atoms with Crippen LogP contribution in [0.2, 0.25) is 0 Å². The van der Waals surface area contributed by atoms with Crippen molar-refractivity contribution in [2.75, 3.05) is 33.3 Å². The fourth-order valence-corrected chi connectivity index (χ4v) is 5.58. The molecule has 0 radical (unpaired) electrons. The fourth-order valence-electron chi connectivity index (χ4n) is 5.58. The average molecular weight is 711 g/mol. The molecule has 2 aliphatic heterocycles. The second kappa shape index (κ2) is 22.1. The van der Waals surface area contributed by atoms with E-state index in [4.69, 9.17) is 9.84 Å². The van der Waals surface area contributed by atoms with Crippen molar-refractivity contribution in [1.82, 2.24) is 10.2 Å². The number of aliphatic hydroxyl groups excluding tert-OH is 1. The molecule has 0 saturated carbocycles. The van der Waals surface area contributed by atoms with Gasteiger partial charge in [-0.2, -0.15) is 26.3 Å². The van der Waals surface area contributed by atoms with Crippen LogP contribution in [0.25, 0.3) is 6.08 Å². The highest BCUT2D eigenvalue weighted by Crippen LogP contribution is 2.30. The van der Waals surface area contributed by atoms with Gasteiger partial charge in [0.2, 0.25) is 0 Å². The Labute approximate surface area is 293 Å². The Morgan fingerprint density at radius 2 is 1.46 bits per heavy atom. The molecule has 0 aromatic heterocycles. The molecule has 5 nitrogen and oxygen atoms in total. The molecular weight excluding hydrogens is 658 g/mol. The zero-order valence-electron chi connectivity index (χ0n) is 29.1. The summed E-state index contributed by atoms with van der Waals surface area (Å²) in [7, 11) is 1.00. The predicted octanol–water partition coefficient (Wildman–Crippen LogP) is 10.3. The molecule has 2 atom stereocenters. The number of halogens is 6. The molecule has 2 saturated heterocycles. The van der Waals surface area contributed by atoms with E-state index >= 15 is 0 Å². The highest BCUT2D eigenvalue weighted by atomic mass is 19.4. The Balaban J connectivity index is 0.000000490. The van der Waals surface area contributed by atoms with E-state index in [-0.39, 0.29) is 20.0 Å². The highest BCUT2D eigenvalue weighted by Gasteiger charge is 2.30. The van der Waals surface area contributed by atoms with Crippen LogP contribution in [-0.4, -0.2) is 49.4 Å². The molecule has 2 fully saturated rings. The van der Waals surface area contributed by atoms with Gasteiger partial charge in [-0.25, -0.2) is 4.79 Å². The summed E-state index contributed by atoms with van der Waals surface area (Å²) in [5, 5.41) is 10.4. The summed E-state index contributed by atoms with van der Waals surface area (Å²) in [6.07, 6.45) is 1.02. The number of rotatable bonds is 7. The molecule has 3 aromatic rings. The lowest BCUT2D eigenvalue weighted by Crippen LogP contribution is -2.39. The molecule has 0 aliphatic carbocycles. The molecule has 3 aromatic carbocycles. The molecule has 11 heteroatoms. The van der Waals surface area contributed by atoms with Gasteiger partial charge in [-0.3, -0.25) is 0 Å². The number of carbonyl (C=O) groups is 1. The second-order valence-corrected chi connectivity index (χ2v) is 11.8. The zero-order chi connectivity index (χ0) is 37.0. The van der Waals surface area contributed by atoms with Gasteiger partial charge in [-0.15, -0.1) is 0 Å². The van der Waals surface area contributed by atoms with Crippen LogP contribution in [0.1, 0.15) is 75.2 Å². The van der Waals surface area contributed by atoms with Gasteiger partial charge < -0.3 is 20.1 Å². The molecule has 2 unspecified atom stereocenters. The van der Waals surface area contributed by atoms with E-state index in [0.29, 0.717) is 24.6 Å². The van der Waals surface area contributed by atoms with Crippen molar-refractivity contribution in [3.8, 4) is 0 Å². The predicted molar refractivity (Wildman–Crippen MR) is 188 cm³/mol. The fraction of sp³-hybridized carbons (Fsp3) is 0.462. The minimum Gasteiger partial charge on any atom is -0.445 e. The van der Waals surface area contributed by atoms with E-state index in [1.54, 1.807) is 17.0 Å². The summed E-state index contributed by atoms with van der Waals surface area (Å²) in [6.45, 7) is 7.57. The van der Waals surface area contributed by atoms with Gasteiger partial charge in [-0.05, 0) is 104 Å². The summed E-state index contributed by atoms with van der Waals surface area (Å²) in [4.78, 5) is 14.0. The van der Waals surface area contributed by atoms with Crippen molar-refractivity contribution in [3.63, 3.8) is 0 Å². The number of hydrogen-bond donors (Lipinski definition) is 2. The topological polar surface area (TPSA) is 61.8 Å². The SMILES string of the molecule is CC.CO.FC(F)(F)c1ccc(CCC2CCCNC2)cc1.O=C(OCc1ccccc1)N1CCCC(C=Cc2ccc(C(F)(F)F)cc2)C1.[HH]. The van der Waals surface area contributed by atoms with Crippen LogP contribution < -0.4 is 5.32 Å². The van der Waals surface area contributed by atoms with Crippen LogP contribution in [0.3, 0.4) is 0 Å². The van der Waals surface area contributed by atoms with Crippen LogP contribution >= 0.6 is 0 Å². The molecule has 2 aliphatic rings. The van der Waals surface area contributed by atoms with Crippen LogP contribution in [0.4, 0.5) is 31.1 Å². The number of aryl methyl sites for hydroxylation is 1. The van der Waals surface area contributed by atoms with Crippen molar-refractivity contribution < 1.29 is 42.4 Å². The smallest absolute Gasteiger partial charge is 0.416 e. The number of alkyl halides is 6. The normalized spacial score (nSPS) is 17.7. The number of likely N-dealkylation sites (tertiary alicyclic amines) is 1. The molecule has 5 rings (SSSR count). The van der Waals surface area contributed by atoms with Gasteiger partial charge in [0.1, 0.15) is 6.61 Å². The number of aliphatic hydroxyl groups is 1. The van der Waals surface area contributed by atoms with E-state index in [1.807, 2.05) is 56.3 Å². The number of amides is 1. The molecule has 2 N–H and O–H groups in total. The standard InChI is InChI=1S/C22H22F3NO2.C14H18F3N.C2H6.CH4O.H2/c23-22(24,25)20-12-10-17(11-13-20)8-9-18-7-4-14-26(15-18)21(27)28-16-19-5-2-1-3-6-19;15-14(16,17)13-7-5-11(6-8-13)3-4-12-2-1-9-18-10-12;2*1-2;/h1-3,5-6,8-13,18H,4,7,14-16H2;5-8,12,18H,1-4,9-10H2;1-2H3;2H,1H3;1H. The first-order valence-electron chi connectivity index (χ1n) is 17.1. The third-order valence-corrected chi connectivity index (χ3v) is 8.24. The number of nitrogens with one attached hydrogen (secondary N) is 1. The zero-order valence-corrected chi connectivity index (χ0v) is 29.1. The molecule has 0 bridgehead atoms. The van der Waals surface area contributed by atoms with Crippen LogP contribution in [-0.2, 0) is 30.1 Å². The number of benzene rings is 3.